The van der Waals surface area contributed by atoms with Crippen molar-refractivity contribution in [2.24, 2.45) is 0 Å². The van der Waals surface area contributed by atoms with Crippen LogP contribution in [0.4, 0.5) is 0 Å². The molecule has 4 atom stereocenters. The zero-order valence-electron chi connectivity index (χ0n) is 14.8. The molecule has 1 heterocycles. The molecule has 1 rings (SSSR count). The molecular formula is C15H35NO4P+. The van der Waals surface area contributed by atoms with Crippen molar-refractivity contribution < 1.29 is 18.5 Å². The van der Waals surface area contributed by atoms with Crippen LogP contribution in [0.15, 0.2) is 0 Å². The number of nitrogens with one attached hydrogen (secondary N) is 1. The summed E-state index contributed by atoms with van der Waals surface area (Å²) in [7, 11) is -2.09. The Morgan fingerprint density at radius 2 is 1.76 bits per heavy atom. The van der Waals surface area contributed by atoms with Gasteiger partial charge in [0.1, 0.15) is 6.10 Å². The highest BCUT2D eigenvalue weighted by Gasteiger charge is 2.40. The fraction of sp³-hybridized carbons (Fsp3) is 1.00. The third kappa shape index (κ3) is 12.2. The minimum atomic E-state index is -2.09. The van der Waals surface area contributed by atoms with Gasteiger partial charge >= 0.3 is 8.25 Å². The van der Waals surface area contributed by atoms with Crippen LogP contribution in [-0.4, -0.2) is 24.9 Å². The fourth-order valence-electron chi connectivity index (χ4n) is 1.64. The lowest BCUT2D eigenvalue weighted by Crippen LogP contribution is -2.22. The van der Waals surface area contributed by atoms with Crippen LogP contribution in [0.5, 0.6) is 0 Å². The molecule has 1 aliphatic heterocycles. The van der Waals surface area contributed by atoms with Crippen molar-refractivity contribution in [1.29, 1.82) is 0 Å². The van der Waals surface area contributed by atoms with E-state index >= 15 is 0 Å². The van der Waals surface area contributed by atoms with E-state index in [2.05, 4.69) is 19.3 Å². The summed E-state index contributed by atoms with van der Waals surface area (Å²) in [5, 5.41) is 0. The predicted octanol–water partition coefficient (Wildman–Crippen LogP) is 4.99. The van der Waals surface area contributed by atoms with Gasteiger partial charge in [0.15, 0.2) is 0 Å². The van der Waals surface area contributed by atoms with Gasteiger partial charge in [-0.25, -0.2) is 0 Å². The Kier molecular flexibility index (Phi) is 18.0. The molecular weight excluding hydrogens is 289 g/mol. The molecule has 0 bridgehead atoms. The molecule has 1 aliphatic rings. The van der Waals surface area contributed by atoms with E-state index in [4.69, 9.17) is 13.9 Å². The smallest absolute Gasteiger partial charge is 0.372 e. The van der Waals surface area contributed by atoms with Crippen molar-refractivity contribution in [2.45, 2.75) is 92.5 Å². The molecule has 5 nitrogen and oxygen atoms in total. The summed E-state index contributed by atoms with van der Waals surface area (Å²) < 4.78 is 27.0. The third-order valence-corrected chi connectivity index (χ3v) is 3.51. The van der Waals surface area contributed by atoms with Gasteiger partial charge in [-0.3, -0.25) is 0 Å². The minimum absolute atomic E-state index is 0.0316. The number of hydrogen-bond acceptors (Lipinski definition) is 5. The SMILES string of the molecule is CC.CCCC.CCNO[P+](=O)OC1CC(C)OC1CC. The largest absolute Gasteiger partial charge is 0.716 e. The first-order valence-electron chi connectivity index (χ1n) is 8.28. The highest BCUT2D eigenvalue weighted by Crippen LogP contribution is 2.33. The van der Waals surface area contributed by atoms with E-state index in [0.717, 1.165) is 12.8 Å². The first-order chi connectivity index (χ1) is 10.1. The number of hydroxylamine groups is 1. The van der Waals surface area contributed by atoms with Gasteiger partial charge < -0.3 is 4.74 Å². The molecule has 1 saturated heterocycles. The highest BCUT2D eigenvalue weighted by molar-refractivity contribution is 7.33. The maximum atomic E-state index is 11.3. The van der Waals surface area contributed by atoms with Crippen LogP contribution in [0.1, 0.15) is 74.1 Å². The second kappa shape index (κ2) is 16.3. The van der Waals surface area contributed by atoms with Gasteiger partial charge in [-0.15, -0.1) is 10.0 Å². The van der Waals surface area contributed by atoms with Crippen molar-refractivity contribution in [3.8, 4) is 0 Å². The Bertz CT molecular complexity index is 240. The second-order valence-corrected chi connectivity index (χ2v) is 5.43. The minimum Gasteiger partial charge on any atom is -0.372 e. The molecule has 0 aliphatic carbocycles. The highest BCUT2D eigenvalue weighted by atomic mass is 31.1. The van der Waals surface area contributed by atoms with Gasteiger partial charge in [0, 0.05) is 17.5 Å². The average molecular weight is 324 g/mol. The summed E-state index contributed by atoms with van der Waals surface area (Å²) in [6, 6.07) is 0. The first kappa shape index (κ1) is 23.2. The normalized spacial score (nSPS) is 24.5. The molecule has 128 valence electrons. The molecule has 0 aromatic heterocycles. The average Bonchev–Trinajstić information content (AvgIpc) is 2.87. The van der Waals surface area contributed by atoms with Gasteiger partial charge in [0.2, 0.25) is 0 Å². The van der Waals surface area contributed by atoms with Gasteiger partial charge in [-0.2, -0.15) is 0 Å². The van der Waals surface area contributed by atoms with Crippen molar-refractivity contribution in [3.63, 3.8) is 0 Å². The lowest BCUT2D eigenvalue weighted by atomic mass is 10.1. The summed E-state index contributed by atoms with van der Waals surface area (Å²) in [6.07, 6.45) is 4.35. The summed E-state index contributed by atoms with van der Waals surface area (Å²) >= 11 is 0. The van der Waals surface area contributed by atoms with Crippen LogP contribution in [-0.2, 0) is 18.5 Å². The molecule has 4 unspecified atom stereocenters. The topological polar surface area (TPSA) is 56.8 Å². The summed E-state index contributed by atoms with van der Waals surface area (Å²) in [5.41, 5.74) is 2.52. The van der Waals surface area contributed by atoms with Gasteiger partial charge in [0.25, 0.3) is 0 Å². The Hall–Kier alpha value is -0.0600. The van der Waals surface area contributed by atoms with Crippen LogP contribution in [0.3, 0.4) is 0 Å². The standard InChI is InChI=1S/C9H19NO4P.C4H10.C2H6/c1-4-8-9(6-7(3)12-8)13-15(11)14-10-5-2;1-3-4-2;1-2/h7-10H,4-6H2,1-3H3;3-4H2,1-2H3;1-2H3/q+1;;. The molecule has 0 saturated carbocycles. The quantitative estimate of drug-likeness (QED) is 0.528. The molecule has 6 heteroatoms. The molecule has 0 radical (unpaired) electrons. The Morgan fingerprint density at radius 1 is 1.19 bits per heavy atom. The molecule has 1 fully saturated rings. The first-order valence-corrected chi connectivity index (χ1v) is 9.37. The van der Waals surface area contributed by atoms with Crippen LogP contribution >= 0.6 is 8.25 Å². The third-order valence-electron chi connectivity index (χ3n) is 2.79. The van der Waals surface area contributed by atoms with E-state index in [-0.39, 0.29) is 18.3 Å². The van der Waals surface area contributed by atoms with Gasteiger partial charge in [-0.1, -0.05) is 54.4 Å². The molecule has 21 heavy (non-hydrogen) atoms. The van der Waals surface area contributed by atoms with Crippen LogP contribution in [0.25, 0.3) is 0 Å². The number of rotatable bonds is 7. The summed E-state index contributed by atoms with van der Waals surface area (Å²) in [6.45, 7) is 14.8. The van der Waals surface area contributed by atoms with Crippen molar-refractivity contribution in [1.82, 2.24) is 5.48 Å². The van der Waals surface area contributed by atoms with E-state index in [1.54, 1.807) is 0 Å². The van der Waals surface area contributed by atoms with Gasteiger partial charge in [-0.05, 0) is 18.0 Å². The molecule has 1 N–H and O–H groups in total. The summed E-state index contributed by atoms with van der Waals surface area (Å²) in [4.78, 5) is 0. The maximum Gasteiger partial charge on any atom is 0.716 e. The number of hydrogen-bond donors (Lipinski definition) is 1. The maximum absolute atomic E-state index is 11.3. The van der Waals surface area contributed by atoms with Crippen LogP contribution in [0.2, 0.25) is 0 Å². The monoisotopic (exact) mass is 324 g/mol. The van der Waals surface area contributed by atoms with E-state index < -0.39 is 8.25 Å². The second-order valence-electron chi connectivity index (χ2n) is 4.59. The van der Waals surface area contributed by atoms with E-state index in [9.17, 15) is 4.57 Å². The predicted molar refractivity (Wildman–Crippen MR) is 88.4 cm³/mol. The van der Waals surface area contributed by atoms with E-state index in [0.29, 0.717) is 6.54 Å². The Balaban J connectivity index is 0. The van der Waals surface area contributed by atoms with Gasteiger partial charge in [0.05, 0.1) is 12.2 Å². The lowest BCUT2D eigenvalue weighted by Gasteiger charge is -2.10. The number of ether oxygens (including phenoxy) is 1. The fourth-order valence-corrected chi connectivity index (χ4v) is 2.36. The molecule has 0 spiro atoms. The summed E-state index contributed by atoms with van der Waals surface area (Å²) in [5.74, 6) is 0. The Morgan fingerprint density at radius 3 is 2.19 bits per heavy atom. The Labute approximate surface area is 132 Å². The van der Waals surface area contributed by atoms with Crippen LogP contribution < -0.4 is 5.48 Å². The van der Waals surface area contributed by atoms with Crippen LogP contribution in [0, 0.1) is 0 Å². The molecule has 0 amide bonds. The van der Waals surface area contributed by atoms with E-state index in [1.807, 2.05) is 34.6 Å². The van der Waals surface area contributed by atoms with Crippen molar-refractivity contribution >= 4 is 8.25 Å². The zero-order valence-corrected chi connectivity index (χ0v) is 15.7. The molecule has 0 aromatic carbocycles. The van der Waals surface area contributed by atoms with Crippen molar-refractivity contribution in [3.05, 3.63) is 0 Å². The lowest BCUT2D eigenvalue weighted by molar-refractivity contribution is 0.0167. The zero-order chi connectivity index (χ0) is 16.7. The van der Waals surface area contributed by atoms with E-state index in [1.165, 1.54) is 12.8 Å². The molecule has 0 aromatic rings. The van der Waals surface area contributed by atoms with Crippen molar-refractivity contribution in [2.75, 3.05) is 6.54 Å². The number of unbranched alkanes of at least 4 members (excludes halogenated alkanes) is 1.